The van der Waals surface area contributed by atoms with Crippen LogP contribution in [-0.2, 0) is 0 Å². The summed E-state index contributed by atoms with van der Waals surface area (Å²) in [4.78, 5) is 17.0. The highest BCUT2D eigenvalue weighted by Gasteiger charge is 2.17. The molecule has 0 aliphatic rings. The normalized spacial score (nSPS) is 10.7. The summed E-state index contributed by atoms with van der Waals surface area (Å²) in [6.45, 7) is 1.90. The number of halogens is 1. The predicted octanol–water partition coefficient (Wildman–Crippen LogP) is 4.51. The van der Waals surface area contributed by atoms with Gasteiger partial charge in [-0.05, 0) is 24.6 Å². The SMILES string of the molecule is Cc1cccnc1NC(=O)c1sc2ccccc2c1Cl. The van der Waals surface area contributed by atoms with E-state index in [-0.39, 0.29) is 5.91 Å². The molecule has 0 saturated carbocycles. The van der Waals surface area contributed by atoms with Crippen LogP contribution in [0.15, 0.2) is 42.6 Å². The van der Waals surface area contributed by atoms with E-state index in [2.05, 4.69) is 10.3 Å². The average molecular weight is 303 g/mol. The number of thiophene rings is 1. The Labute approximate surface area is 125 Å². The maximum atomic E-state index is 12.3. The number of carbonyl (C=O) groups is 1. The Morgan fingerprint density at radius 3 is 2.80 bits per heavy atom. The zero-order valence-corrected chi connectivity index (χ0v) is 12.3. The molecule has 0 unspecified atom stereocenters. The molecule has 1 N–H and O–H groups in total. The molecule has 0 fully saturated rings. The van der Waals surface area contributed by atoms with Crippen molar-refractivity contribution >= 4 is 44.7 Å². The molecule has 0 spiro atoms. The highest BCUT2D eigenvalue weighted by atomic mass is 35.5. The van der Waals surface area contributed by atoms with Crippen molar-refractivity contribution in [2.24, 2.45) is 0 Å². The van der Waals surface area contributed by atoms with E-state index in [1.54, 1.807) is 6.20 Å². The van der Waals surface area contributed by atoms with Crippen molar-refractivity contribution in [1.29, 1.82) is 0 Å². The van der Waals surface area contributed by atoms with Gasteiger partial charge in [0.2, 0.25) is 0 Å². The summed E-state index contributed by atoms with van der Waals surface area (Å²) in [6.07, 6.45) is 1.65. The van der Waals surface area contributed by atoms with Gasteiger partial charge >= 0.3 is 0 Å². The predicted molar refractivity (Wildman–Crippen MR) is 83.8 cm³/mol. The van der Waals surface area contributed by atoms with Crippen LogP contribution in [0.25, 0.3) is 10.1 Å². The van der Waals surface area contributed by atoms with Crippen LogP contribution in [0.2, 0.25) is 5.02 Å². The molecule has 0 saturated heterocycles. The summed E-state index contributed by atoms with van der Waals surface area (Å²) in [7, 11) is 0. The van der Waals surface area contributed by atoms with E-state index >= 15 is 0 Å². The van der Waals surface area contributed by atoms with Crippen LogP contribution in [0, 0.1) is 6.92 Å². The van der Waals surface area contributed by atoms with E-state index in [4.69, 9.17) is 11.6 Å². The molecule has 2 heterocycles. The Balaban J connectivity index is 1.97. The molecule has 0 aliphatic heterocycles. The molecule has 0 aliphatic carbocycles. The lowest BCUT2D eigenvalue weighted by Gasteiger charge is -2.05. The Morgan fingerprint density at radius 2 is 2.05 bits per heavy atom. The van der Waals surface area contributed by atoms with Crippen LogP contribution >= 0.6 is 22.9 Å². The standard InChI is InChI=1S/C15H11ClN2OS/c1-9-5-4-8-17-14(9)18-15(19)13-12(16)10-6-2-3-7-11(10)20-13/h2-8H,1H3,(H,17,18,19). The maximum absolute atomic E-state index is 12.3. The molecule has 20 heavy (non-hydrogen) atoms. The molecule has 3 aromatic rings. The number of aryl methyl sites for hydroxylation is 1. The third-order valence-corrected chi connectivity index (χ3v) is 4.66. The third-order valence-electron chi connectivity index (χ3n) is 2.98. The topological polar surface area (TPSA) is 42.0 Å². The largest absolute Gasteiger partial charge is 0.306 e. The number of pyridine rings is 1. The Morgan fingerprint density at radius 1 is 1.25 bits per heavy atom. The van der Waals surface area contributed by atoms with Crippen LogP contribution in [0.3, 0.4) is 0 Å². The van der Waals surface area contributed by atoms with E-state index < -0.39 is 0 Å². The van der Waals surface area contributed by atoms with E-state index in [0.717, 1.165) is 15.6 Å². The smallest absolute Gasteiger partial charge is 0.268 e. The lowest BCUT2D eigenvalue weighted by Crippen LogP contribution is -2.12. The number of rotatable bonds is 2. The van der Waals surface area contributed by atoms with E-state index in [0.29, 0.717) is 15.7 Å². The number of carbonyl (C=O) groups excluding carboxylic acids is 1. The van der Waals surface area contributed by atoms with Crippen molar-refractivity contribution in [3.8, 4) is 0 Å². The van der Waals surface area contributed by atoms with Gasteiger partial charge in [-0.3, -0.25) is 4.79 Å². The number of anilines is 1. The Bertz CT molecular complexity index is 797. The molecule has 100 valence electrons. The highest BCUT2D eigenvalue weighted by Crippen LogP contribution is 2.35. The molecule has 5 heteroatoms. The molecular formula is C15H11ClN2OS. The van der Waals surface area contributed by atoms with Gasteiger partial charge in [-0.25, -0.2) is 4.98 Å². The molecule has 2 aromatic heterocycles. The van der Waals surface area contributed by atoms with Gasteiger partial charge in [0.1, 0.15) is 10.7 Å². The molecule has 0 atom stereocenters. The van der Waals surface area contributed by atoms with E-state index in [1.807, 2.05) is 43.3 Å². The number of hydrogen-bond acceptors (Lipinski definition) is 3. The molecule has 1 aromatic carbocycles. The van der Waals surface area contributed by atoms with E-state index in [1.165, 1.54) is 11.3 Å². The number of hydrogen-bond donors (Lipinski definition) is 1. The minimum Gasteiger partial charge on any atom is -0.306 e. The molecule has 1 amide bonds. The van der Waals surface area contributed by atoms with Crippen molar-refractivity contribution in [2.75, 3.05) is 5.32 Å². The number of fused-ring (bicyclic) bond motifs is 1. The van der Waals surface area contributed by atoms with Crippen molar-refractivity contribution in [3.05, 3.63) is 58.1 Å². The fourth-order valence-corrected chi connectivity index (χ4v) is 3.35. The van der Waals surface area contributed by atoms with Crippen LogP contribution in [0.5, 0.6) is 0 Å². The maximum Gasteiger partial charge on any atom is 0.268 e. The first kappa shape index (κ1) is 13.1. The number of aromatic nitrogens is 1. The van der Waals surface area contributed by atoms with Gasteiger partial charge in [0.05, 0.1) is 5.02 Å². The van der Waals surface area contributed by atoms with Crippen molar-refractivity contribution in [1.82, 2.24) is 4.98 Å². The number of nitrogens with one attached hydrogen (secondary N) is 1. The Hall–Kier alpha value is -1.91. The lowest BCUT2D eigenvalue weighted by molar-refractivity contribution is 0.103. The molecule has 0 bridgehead atoms. The Kier molecular flexibility index (Phi) is 3.42. The quantitative estimate of drug-likeness (QED) is 0.756. The number of benzene rings is 1. The summed E-state index contributed by atoms with van der Waals surface area (Å²) >= 11 is 7.67. The summed E-state index contributed by atoms with van der Waals surface area (Å²) < 4.78 is 1.00. The van der Waals surface area contributed by atoms with Gasteiger partial charge in [-0.2, -0.15) is 0 Å². The van der Waals surface area contributed by atoms with Gasteiger partial charge in [-0.15, -0.1) is 11.3 Å². The van der Waals surface area contributed by atoms with Crippen molar-refractivity contribution in [3.63, 3.8) is 0 Å². The van der Waals surface area contributed by atoms with Gasteiger partial charge in [0, 0.05) is 16.3 Å². The fraction of sp³-hybridized carbons (Fsp3) is 0.0667. The van der Waals surface area contributed by atoms with E-state index in [9.17, 15) is 4.79 Å². The molecule has 0 radical (unpaired) electrons. The van der Waals surface area contributed by atoms with Crippen LogP contribution in [0.1, 0.15) is 15.2 Å². The highest BCUT2D eigenvalue weighted by molar-refractivity contribution is 7.21. The average Bonchev–Trinajstić information content (AvgIpc) is 2.79. The lowest BCUT2D eigenvalue weighted by atomic mass is 10.2. The first-order valence-electron chi connectivity index (χ1n) is 6.07. The first-order valence-corrected chi connectivity index (χ1v) is 7.26. The van der Waals surface area contributed by atoms with Crippen molar-refractivity contribution in [2.45, 2.75) is 6.92 Å². The van der Waals surface area contributed by atoms with Gasteiger partial charge < -0.3 is 5.32 Å². The zero-order valence-electron chi connectivity index (χ0n) is 10.7. The number of nitrogens with zero attached hydrogens (tertiary/aromatic N) is 1. The van der Waals surface area contributed by atoms with Crippen LogP contribution in [-0.4, -0.2) is 10.9 Å². The van der Waals surface area contributed by atoms with Crippen molar-refractivity contribution < 1.29 is 4.79 Å². The van der Waals surface area contributed by atoms with Crippen LogP contribution in [0.4, 0.5) is 5.82 Å². The molecule has 3 nitrogen and oxygen atoms in total. The summed E-state index contributed by atoms with van der Waals surface area (Å²) in [5.74, 6) is 0.337. The van der Waals surface area contributed by atoms with Crippen LogP contribution < -0.4 is 5.32 Å². The summed E-state index contributed by atoms with van der Waals surface area (Å²) in [5, 5.41) is 4.21. The fourth-order valence-electron chi connectivity index (χ4n) is 1.94. The minimum atomic E-state index is -0.224. The monoisotopic (exact) mass is 302 g/mol. The van der Waals surface area contributed by atoms with Gasteiger partial charge in [0.15, 0.2) is 0 Å². The zero-order chi connectivity index (χ0) is 14.1. The van der Waals surface area contributed by atoms with Gasteiger partial charge in [0.25, 0.3) is 5.91 Å². The summed E-state index contributed by atoms with van der Waals surface area (Å²) in [6, 6.07) is 11.4. The second-order valence-corrected chi connectivity index (χ2v) is 5.79. The molecule has 3 rings (SSSR count). The minimum absolute atomic E-state index is 0.224. The first-order chi connectivity index (χ1) is 9.66. The second-order valence-electron chi connectivity index (χ2n) is 4.36. The second kappa shape index (κ2) is 5.23. The number of amides is 1. The molecular weight excluding hydrogens is 292 g/mol. The summed E-state index contributed by atoms with van der Waals surface area (Å²) in [5.41, 5.74) is 0.915. The third kappa shape index (κ3) is 2.28. The van der Waals surface area contributed by atoms with Gasteiger partial charge in [-0.1, -0.05) is 35.9 Å².